The van der Waals surface area contributed by atoms with E-state index in [0.29, 0.717) is 17.2 Å². The molecule has 0 fully saturated rings. The summed E-state index contributed by atoms with van der Waals surface area (Å²) in [5.74, 6) is 1.02. The summed E-state index contributed by atoms with van der Waals surface area (Å²) >= 11 is 0. The molecule has 0 saturated heterocycles. The molecule has 0 radical (unpaired) electrons. The van der Waals surface area contributed by atoms with Crippen LogP contribution in [-0.4, -0.2) is 48.7 Å². The number of amides is 3. The van der Waals surface area contributed by atoms with Crippen LogP contribution in [0.3, 0.4) is 0 Å². The van der Waals surface area contributed by atoms with Gasteiger partial charge in [-0.05, 0) is 24.6 Å². The van der Waals surface area contributed by atoms with Crippen LogP contribution < -0.4 is 25.4 Å². The summed E-state index contributed by atoms with van der Waals surface area (Å²) < 4.78 is 16.4. The van der Waals surface area contributed by atoms with Crippen molar-refractivity contribution >= 4 is 17.6 Å². The number of aliphatic hydroxyl groups is 1. The van der Waals surface area contributed by atoms with Crippen LogP contribution in [0.4, 0.5) is 10.5 Å². The molecule has 0 unspecified atom stereocenters. The van der Waals surface area contributed by atoms with Crippen LogP contribution >= 0.6 is 0 Å². The van der Waals surface area contributed by atoms with Crippen LogP contribution in [0.2, 0.25) is 0 Å². The van der Waals surface area contributed by atoms with Crippen LogP contribution in [-0.2, 0) is 9.53 Å². The van der Waals surface area contributed by atoms with Crippen LogP contribution in [0.1, 0.15) is 24.9 Å². The number of fused-ring (bicyclic) bond motifs is 1. The number of anilines is 1. The van der Waals surface area contributed by atoms with E-state index < -0.39 is 24.3 Å². The molecule has 2 aromatic rings. The fraction of sp³-hybridized carbons (Fsp3) is 0.333. The van der Waals surface area contributed by atoms with Gasteiger partial charge in [-0.1, -0.05) is 42.5 Å². The first-order chi connectivity index (χ1) is 16.0. The molecule has 0 aromatic heterocycles. The van der Waals surface area contributed by atoms with Crippen molar-refractivity contribution in [2.75, 3.05) is 18.7 Å². The van der Waals surface area contributed by atoms with E-state index in [-0.39, 0.29) is 31.8 Å². The topological polar surface area (TPSA) is 118 Å². The second-order valence-electron chi connectivity index (χ2n) is 7.88. The van der Waals surface area contributed by atoms with Crippen molar-refractivity contribution in [2.24, 2.45) is 0 Å². The van der Waals surface area contributed by atoms with E-state index in [9.17, 15) is 14.7 Å². The number of carbonyl (C=O) groups excluding carboxylic acids is 2. The predicted molar refractivity (Wildman–Crippen MR) is 121 cm³/mol. The van der Waals surface area contributed by atoms with Crippen LogP contribution in [0, 0.1) is 0 Å². The third kappa shape index (κ3) is 5.82. The smallest absolute Gasteiger partial charge is 0.319 e. The maximum Gasteiger partial charge on any atom is 0.319 e. The van der Waals surface area contributed by atoms with Crippen molar-refractivity contribution in [3.63, 3.8) is 0 Å². The monoisotopic (exact) mass is 453 g/mol. The van der Waals surface area contributed by atoms with E-state index in [4.69, 9.17) is 14.2 Å². The van der Waals surface area contributed by atoms with Gasteiger partial charge < -0.3 is 35.3 Å². The number of hydrogen-bond donors (Lipinski definition) is 4. The molecule has 9 heteroatoms. The summed E-state index contributed by atoms with van der Waals surface area (Å²) in [4.78, 5) is 24.9. The molecule has 4 N–H and O–H groups in total. The average Bonchev–Trinajstić information content (AvgIpc) is 3.28. The Balaban J connectivity index is 1.29. The van der Waals surface area contributed by atoms with Gasteiger partial charge in [-0.3, -0.25) is 4.79 Å². The zero-order valence-corrected chi connectivity index (χ0v) is 18.2. The number of nitrogens with one attached hydrogen (secondary N) is 3. The highest BCUT2D eigenvalue weighted by Crippen LogP contribution is 2.34. The SMILES string of the molecule is C[C@@H](NC(=O)C[C@@H]1C=C[C@H](NC(=O)Nc2ccc3c(c2)OCO3)[C@H](CO)O1)c1ccccc1. The van der Waals surface area contributed by atoms with Gasteiger partial charge in [0.05, 0.1) is 31.2 Å². The molecule has 0 bridgehead atoms. The highest BCUT2D eigenvalue weighted by Gasteiger charge is 2.29. The molecule has 4 atom stereocenters. The third-order valence-electron chi connectivity index (χ3n) is 5.46. The first kappa shape index (κ1) is 22.6. The van der Waals surface area contributed by atoms with E-state index in [0.717, 1.165) is 5.56 Å². The Labute approximate surface area is 191 Å². The Morgan fingerprint density at radius 2 is 1.88 bits per heavy atom. The molecule has 2 aliphatic heterocycles. The lowest BCUT2D eigenvalue weighted by Crippen LogP contribution is -2.50. The minimum absolute atomic E-state index is 0.111. The summed E-state index contributed by atoms with van der Waals surface area (Å²) in [6.45, 7) is 1.76. The Bertz CT molecular complexity index is 1010. The largest absolute Gasteiger partial charge is 0.454 e. The minimum atomic E-state index is -0.679. The molecule has 0 spiro atoms. The summed E-state index contributed by atoms with van der Waals surface area (Å²) in [5.41, 5.74) is 1.55. The molecule has 174 valence electrons. The van der Waals surface area contributed by atoms with Crippen molar-refractivity contribution in [3.8, 4) is 11.5 Å². The molecule has 2 aliphatic rings. The lowest BCUT2D eigenvalue weighted by molar-refractivity contribution is -0.125. The van der Waals surface area contributed by atoms with Crippen molar-refractivity contribution in [1.82, 2.24) is 10.6 Å². The van der Waals surface area contributed by atoms with Gasteiger partial charge in [0.25, 0.3) is 0 Å². The van der Waals surface area contributed by atoms with Gasteiger partial charge in [0.15, 0.2) is 11.5 Å². The van der Waals surface area contributed by atoms with E-state index in [1.165, 1.54) is 0 Å². The van der Waals surface area contributed by atoms with Crippen molar-refractivity contribution in [3.05, 3.63) is 66.2 Å². The number of benzene rings is 2. The zero-order valence-electron chi connectivity index (χ0n) is 18.2. The van der Waals surface area contributed by atoms with Gasteiger partial charge >= 0.3 is 6.03 Å². The Morgan fingerprint density at radius 1 is 1.09 bits per heavy atom. The second kappa shape index (κ2) is 10.4. The fourth-order valence-corrected chi connectivity index (χ4v) is 3.74. The van der Waals surface area contributed by atoms with Gasteiger partial charge in [0.2, 0.25) is 12.7 Å². The maximum absolute atomic E-state index is 12.4. The van der Waals surface area contributed by atoms with Gasteiger partial charge in [-0.15, -0.1) is 0 Å². The van der Waals surface area contributed by atoms with Gasteiger partial charge in [-0.25, -0.2) is 4.79 Å². The molecule has 33 heavy (non-hydrogen) atoms. The summed E-state index contributed by atoms with van der Waals surface area (Å²) in [6, 6.07) is 13.6. The predicted octanol–water partition coefficient (Wildman–Crippen LogP) is 2.49. The summed E-state index contributed by atoms with van der Waals surface area (Å²) in [7, 11) is 0. The van der Waals surface area contributed by atoms with Crippen molar-refractivity contribution in [1.29, 1.82) is 0 Å². The van der Waals surface area contributed by atoms with Gasteiger partial charge in [0, 0.05) is 11.8 Å². The van der Waals surface area contributed by atoms with E-state index in [1.807, 2.05) is 37.3 Å². The molecule has 2 heterocycles. The summed E-state index contributed by atoms with van der Waals surface area (Å²) in [6.07, 6.45) is 2.40. The average molecular weight is 453 g/mol. The summed E-state index contributed by atoms with van der Waals surface area (Å²) in [5, 5.41) is 18.2. The molecule has 0 saturated carbocycles. The number of aliphatic hydroxyl groups excluding tert-OH is 1. The minimum Gasteiger partial charge on any atom is -0.454 e. The number of carbonyl (C=O) groups is 2. The highest BCUT2D eigenvalue weighted by atomic mass is 16.7. The fourth-order valence-electron chi connectivity index (χ4n) is 3.74. The highest BCUT2D eigenvalue weighted by molar-refractivity contribution is 5.90. The first-order valence-electron chi connectivity index (χ1n) is 10.8. The van der Waals surface area contributed by atoms with E-state index in [1.54, 1.807) is 30.4 Å². The molecule has 2 aromatic carbocycles. The lowest BCUT2D eigenvalue weighted by Gasteiger charge is -2.31. The van der Waals surface area contributed by atoms with Crippen molar-refractivity contribution < 1.29 is 28.9 Å². The molecule has 0 aliphatic carbocycles. The Hall–Kier alpha value is -3.56. The molecule has 3 amide bonds. The van der Waals surface area contributed by atoms with Crippen LogP contribution in [0.5, 0.6) is 11.5 Å². The molecule has 9 nitrogen and oxygen atoms in total. The standard InChI is InChI=1S/C24H27N3O6/c1-15(16-5-3-2-4-6-16)25-23(29)12-18-8-9-19(22(13-28)33-18)27-24(30)26-17-7-10-20-21(11-17)32-14-31-20/h2-11,15,18-19,22,28H,12-14H2,1H3,(H,25,29)(H2,26,27,30)/t15-,18+,19+,22+/m1/s1. The third-order valence-corrected chi connectivity index (χ3v) is 5.46. The zero-order chi connectivity index (χ0) is 23.2. The van der Waals surface area contributed by atoms with E-state index >= 15 is 0 Å². The first-order valence-corrected chi connectivity index (χ1v) is 10.8. The van der Waals surface area contributed by atoms with Gasteiger partial charge in [0.1, 0.15) is 6.10 Å². The van der Waals surface area contributed by atoms with Gasteiger partial charge in [-0.2, -0.15) is 0 Å². The second-order valence-corrected chi connectivity index (χ2v) is 7.88. The molecular formula is C24H27N3O6. The Kier molecular flexibility index (Phi) is 7.11. The lowest BCUT2D eigenvalue weighted by atomic mass is 10.0. The van der Waals surface area contributed by atoms with E-state index in [2.05, 4.69) is 16.0 Å². The van der Waals surface area contributed by atoms with Crippen LogP contribution in [0.25, 0.3) is 0 Å². The molecular weight excluding hydrogens is 426 g/mol. The number of hydrogen-bond acceptors (Lipinski definition) is 6. The van der Waals surface area contributed by atoms with Crippen molar-refractivity contribution in [2.45, 2.75) is 37.6 Å². The number of rotatable bonds is 7. The number of ether oxygens (including phenoxy) is 3. The van der Waals surface area contributed by atoms with Crippen LogP contribution in [0.15, 0.2) is 60.7 Å². The number of urea groups is 1. The normalized spacial score (nSPS) is 21.8. The molecule has 4 rings (SSSR count). The Morgan fingerprint density at radius 3 is 2.67 bits per heavy atom. The maximum atomic E-state index is 12.4. The quantitative estimate of drug-likeness (QED) is 0.479.